The lowest BCUT2D eigenvalue weighted by Crippen LogP contribution is -2.00. The Morgan fingerprint density at radius 1 is 1.35 bits per heavy atom. The van der Waals surface area contributed by atoms with Crippen molar-refractivity contribution in [3.05, 3.63) is 35.3 Å². The van der Waals surface area contributed by atoms with Crippen LogP contribution in [0.25, 0.3) is 11.3 Å². The number of carboxylic acids is 1. The second-order valence-corrected chi connectivity index (χ2v) is 4.69. The zero-order chi connectivity index (χ0) is 14.7. The van der Waals surface area contributed by atoms with Gasteiger partial charge in [-0.15, -0.1) is 0 Å². The first kappa shape index (κ1) is 14.1. The van der Waals surface area contributed by atoms with Crippen molar-refractivity contribution >= 4 is 5.97 Å². The van der Waals surface area contributed by atoms with Crippen LogP contribution in [-0.4, -0.2) is 28.2 Å². The molecule has 0 spiro atoms. The van der Waals surface area contributed by atoms with Gasteiger partial charge in [-0.05, 0) is 37.1 Å². The van der Waals surface area contributed by atoms with Crippen LogP contribution < -0.4 is 4.74 Å². The van der Waals surface area contributed by atoms with Crippen molar-refractivity contribution in [1.82, 2.24) is 9.97 Å². The highest BCUT2D eigenvalue weighted by Crippen LogP contribution is 2.31. The maximum Gasteiger partial charge on any atom is 0.303 e. The highest BCUT2D eigenvalue weighted by Gasteiger charge is 2.14. The van der Waals surface area contributed by atoms with E-state index in [-0.39, 0.29) is 6.42 Å². The molecule has 1 aromatic carbocycles. The van der Waals surface area contributed by atoms with Crippen LogP contribution in [0.2, 0.25) is 0 Å². The van der Waals surface area contributed by atoms with Gasteiger partial charge in [0.25, 0.3) is 0 Å². The number of hydrogen-bond donors (Lipinski definition) is 2. The molecule has 0 aliphatic carbocycles. The van der Waals surface area contributed by atoms with Crippen molar-refractivity contribution in [2.75, 3.05) is 7.11 Å². The Morgan fingerprint density at radius 3 is 2.75 bits per heavy atom. The predicted octanol–water partition coefficient (Wildman–Crippen LogP) is 2.72. The molecular formula is C15H18N2O3. The largest absolute Gasteiger partial charge is 0.496 e. The molecule has 0 fully saturated rings. The zero-order valence-corrected chi connectivity index (χ0v) is 11.9. The number of aromatic nitrogens is 2. The van der Waals surface area contributed by atoms with Gasteiger partial charge in [0.05, 0.1) is 25.6 Å². The van der Waals surface area contributed by atoms with Gasteiger partial charge in [-0.3, -0.25) is 4.79 Å². The third kappa shape index (κ3) is 2.66. The topological polar surface area (TPSA) is 75.2 Å². The van der Waals surface area contributed by atoms with E-state index < -0.39 is 5.97 Å². The molecule has 2 rings (SSSR count). The molecule has 0 aliphatic heterocycles. The number of carboxylic acid groups (broad SMARTS) is 1. The Morgan fingerprint density at radius 2 is 2.10 bits per heavy atom. The van der Waals surface area contributed by atoms with E-state index in [0.29, 0.717) is 6.42 Å². The standard InChI is InChI=1S/C15H18N2O3/c1-9-10(2)13(20-3)6-4-11(9)15-12(16-8-17-15)5-7-14(18)19/h4,6,8H,5,7H2,1-3H3,(H,16,17)(H,18,19). The lowest BCUT2D eigenvalue weighted by atomic mass is 9.98. The van der Waals surface area contributed by atoms with Crippen LogP contribution in [0, 0.1) is 13.8 Å². The number of aryl methyl sites for hydroxylation is 1. The molecule has 0 aliphatic rings. The van der Waals surface area contributed by atoms with Crippen LogP contribution in [-0.2, 0) is 11.2 Å². The van der Waals surface area contributed by atoms with Crippen molar-refractivity contribution in [2.24, 2.45) is 0 Å². The van der Waals surface area contributed by atoms with E-state index in [1.165, 1.54) is 0 Å². The molecule has 0 radical (unpaired) electrons. The summed E-state index contributed by atoms with van der Waals surface area (Å²) >= 11 is 0. The Bertz CT molecular complexity index is 632. The van der Waals surface area contributed by atoms with Crippen molar-refractivity contribution in [3.8, 4) is 17.0 Å². The molecule has 20 heavy (non-hydrogen) atoms. The fourth-order valence-electron chi connectivity index (χ4n) is 2.25. The minimum absolute atomic E-state index is 0.0867. The van der Waals surface area contributed by atoms with E-state index in [9.17, 15) is 4.79 Å². The number of aliphatic carboxylic acids is 1. The van der Waals surface area contributed by atoms with Crippen LogP contribution in [0.15, 0.2) is 18.5 Å². The molecule has 2 N–H and O–H groups in total. The number of benzene rings is 1. The number of rotatable bonds is 5. The zero-order valence-electron chi connectivity index (χ0n) is 11.9. The fourth-order valence-corrected chi connectivity index (χ4v) is 2.25. The molecule has 5 heteroatoms. The normalized spacial score (nSPS) is 10.6. The maximum atomic E-state index is 10.7. The lowest BCUT2D eigenvalue weighted by molar-refractivity contribution is -0.136. The van der Waals surface area contributed by atoms with E-state index in [4.69, 9.17) is 9.84 Å². The number of methoxy groups -OCH3 is 1. The van der Waals surface area contributed by atoms with Gasteiger partial charge in [0.1, 0.15) is 5.75 Å². The number of hydrogen-bond acceptors (Lipinski definition) is 3. The van der Waals surface area contributed by atoms with Crippen LogP contribution in [0.5, 0.6) is 5.75 Å². The van der Waals surface area contributed by atoms with Gasteiger partial charge < -0.3 is 14.8 Å². The van der Waals surface area contributed by atoms with Crippen molar-refractivity contribution in [3.63, 3.8) is 0 Å². The molecule has 0 atom stereocenters. The minimum atomic E-state index is -0.812. The van der Waals surface area contributed by atoms with Crippen molar-refractivity contribution in [2.45, 2.75) is 26.7 Å². The molecular weight excluding hydrogens is 256 g/mol. The maximum absolute atomic E-state index is 10.7. The van der Waals surface area contributed by atoms with Gasteiger partial charge in [-0.1, -0.05) is 0 Å². The third-order valence-corrected chi connectivity index (χ3v) is 3.52. The van der Waals surface area contributed by atoms with Gasteiger partial charge in [-0.25, -0.2) is 4.98 Å². The summed E-state index contributed by atoms with van der Waals surface area (Å²) in [5.41, 5.74) is 4.82. The summed E-state index contributed by atoms with van der Waals surface area (Å²) in [6.45, 7) is 4.02. The van der Waals surface area contributed by atoms with Gasteiger partial charge in [0, 0.05) is 17.7 Å². The summed E-state index contributed by atoms with van der Waals surface area (Å²) in [5.74, 6) is 0.0297. The summed E-state index contributed by atoms with van der Waals surface area (Å²) in [7, 11) is 1.65. The number of carbonyl (C=O) groups is 1. The number of ether oxygens (including phenoxy) is 1. The monoisotopic (exact) mass is 274 g/mol. The van der Waals surface area contributed by atoms with E-state index >= 15 is 0 Å². The highest BCUT2D eigenvalue weighted by atomic mass is 16.5. The van der Waals surface area contributed by atoms with Crippen LogP contribution in [0.4, 0.5) is 0 Å². The number of nitrogens with zero attached hydrogens (tertiary/aromatic N) is 1. The molecule has 1 heterocycles. The van der Waals surface area contributed by atoms with Gasteiger partial charge in [0.15, 0.2) is 0 Å². The minimum Gasteiger partial charge on any atom is -0.496 e. The van der Waals surface area contributed by atoms with E-state index in [1.807, 2.05) is 26.0 Å². The van der Waals surface area contributed by atoms with Gasteiger partial charge >= 0.3 is 5.97 Å². The van der Waals surface area contributed by atoms with Gasteiger partial charge in [0.2, 0.25) is 0 Å². The third-order valence-electron chi connectivity index (χ3n) is 3.52. The Balaban J connectivity index is 2.40. The molecule has 0 saturated heterocycles. The van der Waals surface area contributed by atoms with Crippen LogP contribution in [0.3, 0.4) is 0 Å². The molecule has 5 nitrogen and oxygen atoms in total. The lowest BCUT2D eigenvalue weighted by Gasteiger charge is -2.12. The summed E-state index contributed by atoms with van der Waals surface area (Å²) in [6.07, 6.45) is 2.13. The number of nitrogens with one attached hydrogen (secondary N) is 1. The smallest absolute Gasteiger partial charge is 0.303 e. The predicted molar refractivity (Wildman–Crippen MR) is 76.0 cm³/mol. The van der Waals surface area contributed by atoms with Crippen LogP contribution in [0.1, 0.15) is 23.2 Å². The number of H-pyrrole nitrogens is 1. The summed E-state index contributed by atoms with van der Waals surface area (Å²) < 4.78 is 5.30. The van der Waals surface area contributed by atoms with E-state index in [2.05, 4.69) is 9.97 Å². The molecule has 106 valence electrons. The second kappa shape index (κ2) is 5.77. The Kier molecular flexibility index (Phi) is 4.08. The summed E-state index contributed by atoms with van der Waals surface area (Å²) in [5, 5.41) is 8.79. The van der Waals surface area contributed by atoms with Crippen molar-refractivity contribution < 1.29 is 14.6 Å². The first-order valence-electron chi connectivity index (χ1n) is 6.43. The molecule has 1 aromatic heterocycles. The molecule has 0 amide bonds. The van der Waals surface area contributed by atoms with E-state index in [0.717, 1.165) is 33.8 Å². The van der Waals surface area contributed by atoms with E-state index in [1.54, 1.807) is 13.4 Å². The fraction of sp³-hybridized carbons (Fsp3) is 0.333. The van der Waals surface area contributed by atoms with Gasteiger partial charge in [-0.2, -0.15) is 0 Å². The molecule has 0 saturated carbocycles. The Labute approximate surface area is 117 Å². The number of aromatic amines is 1. The second-order valence-electron chi connectivity index (χ2n) is 4.69. The van der Waals surface area contributed by atoms with Crippen molar-refractivity contribution in [1.29, 1.82) is 0 Å². The quantitative estimate of drug-likeness (QED) is 0.879. The molecule has 0 bridgehead atoms. The van der Waals surface area contributed by atoms with Crippen LogP contribution >= 0.6 is 0 Å². The highest BCUT2D eigenvalue weighted by molar-refractivity contribution is 5.71. The average molecular weight is 274 g/mol. The molecule has 0 unspecified atom stereocenters. The first-order valence-corrected chi connectivity index (χ1v) is 6.43. The first-order chi connectivity index (χ1) is 9.54. The SMILES string of the molecule is COc1ccc(-c2nc[nH]c2CCC(=O)O)c(C)c1C. The number of imidazole rings is 1. The Hall–Kier alpha value is -2.30. The summed E-state index contributed by atoms with van der Waals surface area (Å²) in [4.78, 5) is 18.1. The molecule has 2 aromatic rings. The summed E-state index contributed by atoms with van der Waals surface area (Å²) in [6, 6.07) is 3.87. The average Bonchev–Trinajstić information content (AvgIpc) is 2.87.